The van der Waals surface area contributed by atoms with Crippen molar-refractivity contribution in [2.24, 2.45) is 23.6 Å². The average molecular weight is 197 g/mol. The predicted octanol–water partition coefficient (Wildman–Crippen LogP) is 0.984. The molecule has 0 aliphatic heterocycles. The Morgan fingerprint density at radius 1 is 1.43 bits per heavy atom. The Bertz CT molecular complexity index is 231. The van der Waals surface area contributed by atoms with Gasteiger partial charge in [0.2, 0.25) is 0 Å². The second kappa shape index (κ2) is 3.77. The monoisotopic (exact) mass is 197 g/mol. The highest BCUT2D eigenvalue weighted by molar-refractivity contribution is 5.73. The summed E-state index contributed by atoms with van der Waals surface area (Å²) in [5.74, 6) is 7.47. The summed E-state index contributed by atoms with van der Waals surface area (Å²) in [4.78, 5) is 11.0. The third-order valence-corrected chi connectivity index (χ3v) is 3.92. The second-order valence-corrected chi connectivity index (χ2v) is 4.75. The number of nitrogens with two attached hydrogens (primary N) is 1. The largest absolute Gasteiger partial charge is 0.334 e. The van der Waals surface area contributed by atoms with E-state index in [2.05, 4.69) is 17.7 Å². The molecule has 4 nitrogen and oxygen atoms in total. The lowest BCUT2D eigenvalue weighted by Gasteiger charge is -2.28. The molecule has 80 valence electrons. The minimum Gasteiger partial charge on any atom is -0.334 e. The Hall–Kier alpha value is -0.770. The Labute approximate surface area is 84.6 Å². The maximum atomic E-state index is 11.0. The van der Waals surface area contributed by atoms with Crippen LogP contribution < -0.4 is 16.6 Å². The number of nitrogens with one attached hydrogen (secondary N) is 2. The molecule has 0 aromatic carbocycles. The molecule has 2 aliphatic carbocycles. The van der Waals surface area contributed by atoms with Crippen LogP contribution in [0.1, 0.15) is 32.6 Å². The molecule has 0 aromatic heterocycles. The quantitative estimate of drug-likeness (QED) is 0.351. The van der Waals surface area contributed by atoms with Crippen molar-refractivity contribution in [3.63, 3.8) is 0 Å². The van der Waals surface area contributed by atoms with Crippen LogP contribution in [-0.2, 0) is 0 Å². The van der Waals surface area contributed by atoms with Crippen LogP contribution in [0, 0.1) is 17.8 Å². The summed E-state index contributed by atoms with van der Waals surface area (Å²) in [6.07, 6.45) is 5.42. The summed E-state index contributed by atoms with van der Waals surface area (Å²) >= 11 is 0. The summed E-state index contributed by atoms with van der Waals surface area (Å²) in [5, 5.41) is 2.88. The van der Waals surface area contributed by atoms with Crippen molar-refractivity contribution in [3.8, 4) is 0 Å². The number of urea groups is 1. The van der Waals surface area contributed by atoms with E-state index in [4.69, 9.17) is 5.84 Å². The molecule has 4 N–H and O–H groups in total. The SMILES string of the molecule is CC(NC(=O)NN)C1CC2CCC1C2. The average Bonchev–Trinajstić information content (AvgIpc) is 2.78. The van der Waals surface area contributed by atoms with Gasteiger partial charge in [0.1, 0.15) is 0 Å². The van der Waals surface area contributed by atoms with Crippen LogP contribution in [0.3, 0.4) is 0 Å². The summed E-state index contributed by atoms with van der Waals surface area (Å²) < 4.78 is 0. The molecule has 0 aromatic rings. The van der Waals surface area contributed by atoms with Crippen molar-refractivity contribution in [2.45, 2.75) is 38.6 Å². The number of hydrogen-bond donors (Lipinski definition) is 3. The van der Waals surface area contributed by atoms with Crippen LogP contribution in [0.15, 0.2) is 0 Å². The smallest absolute Gasteiger partial charge is 0.329 e. The summed E-state index contributed by atoms with van der Waals surface area (Å²) in [6.45, 7) is 2.08. The minimum absolute atomic E-state index is 0.258. The van der Waals surface area contributed by atoms with Gasteiger partial charge in [-0.2, -0.15) is 0 Å². The lowest BCUT2D eigenvalue weighted by Crippen LogP contribution is -2.47. The molecular weight excluding hydrogens is 178 g/mol. The number of carbonyl (C=O) groups is 1. The van der Waals surface area contributed by atoms with Crippen LogP contribution >= 0.6 is 0 Å². The molecule has 4 atom stereocenters. The van der Waals surface area contributed by atoms with Gasteiger partial charge in [-0.15, -0.1) is 0 Å². The summed E-state index contributed by atoms with van der Waals surface area (Å²) in [5.41, 5.74) is 2.11. The molecule has 4 unspecified atom stereocenters. The maximum Gasteiger partial charge on any atom is 0.329 e. The number of hydrazine groups is 1. The molecule has 14 heavy (non-hydrogen) atoms. The molecule has 0 spiro atoms. The Balaban J connectivity index is 1.86. The van der Waals surface area contributed by atoms with E-state index in [1.54, 1.807) is 0 Å². The Kier molecular flexibility index (Phi) is 2.63. The highest BCUT2D eigenvalue weighted by Crippen LogP contribution is 2.49. The lowest BCUT2D eigenvalue weighted by molar-refractivity contribution is 0.220. The summed E-state index contributed by atoms with van der Waals surface area (Å²) in [6, 6.07) is -0.00544. The van der Waals surface area contributed by atoms with E-state index in [0.29, 0.717) is 5.92 Å². The van der Waals surface area contributed by atoms with E-state index in [-0.39, 0.29) is 12.1 Å². The van der Waals surface area contributed by atoms with E-state index in [0.717, 1.165) is 11.8 Å². The zero-order valence-corrected chi connectivity index (χ0v) is 8.62. The first kappa shape index (κ1) is 9.77. The zero-order chi connectivity index (χ0) is 10.1. The van der Waals surface area contributed by atoms with Gasteiger partial charge in [-0.25, -0.2) is 10.6 Å². The molecule has 2 bridgehead atoms. The molecule has 0 heterocycles. The third-order valence-electron chi connectivity index (χ3n) is 3.92. The van der Waals surface area contributed by atoms with E-state index in [9.17, 15) is 4.79 Å². The van der Waals surface area contributed by atoms with Crippen LogP contribution in [0.25, 0.3) is 0 Å². The summed E-state index contributed by atoms with van der Waals surface area (Å²) in [7, 11) is 0. The van der Waals surface area contributed by atoms with Gasteiger partial charge < -0.3 is 5.32 Å². The zero-order valence-electron chi connectivity index (χ0n) is 8.62. The Morgan fingerprint density at radius 2 is 2.21 bits per heavy atom. The molecular formula is C10H19N3O. The van der Waals surface area contributed by atoms with E-state index < -0.39 is 0 Å². The minimum atomic E-state index is -0.264. The second-order valence-electron chi connectivity index (χ2n) is 4.75. The van der Waals surface area contributed by atoms with Crippen molar-refractivity contribution < 1.29 is 4.79 Å². The van der Waals surface area contributed by atoms with Crippen LogP contribution in [0.5, 0.6) is 0 Å². The first-order valence-corrected chi connectivity index (χ1v) is 5.47. The molecule has 4 heteroatoms. The topological polar surface area (TPSA) is 67.2 Å². The molecule has 2 aliphatic rings. The molecule has 2 amide bonds. The van der Waals surface area contributed by atoms with Crippen molar-refractivity contribution in [3.05, 3.63) is 0 Å². The lowest BCUT2D eigenvalue weighted by atomic mass is 9.84. The van der Waals surface area contributed by atoms with Gasteiger partial charge >= 0.3 is 6.03 Å². The highest BCUT2D eigenvalue weighted by Gasteiger charge is 2.41. The molecule has 0 saturated heterocycles. The van der Waals surface area contributed by atoms with Gasteiger partial charge in [0.25, 0.3) is 0 Å². The molecule has 0 radical (unpaired) electrons. The van der Waals surface area contributed by atoms with Crippen LogP contribution in [0.4, 0.5) is 4.79 Å². The highest BCUT2D eigenvalue weighted by atomic mass is 16.2. The number of hydrogen-bond acceptors (Lipinski definition) is 2. The molecule has 2 saturated carbocycles. The van der Waals surface area contributed by atoms with Gasteiger partial charge in [-0.3, -0.25) is 5.43 Å². The van der Waals surface area contributed by atoms with Crippen LogP contribution in [0.2, 0.25) is 0 Å². The van der Waals surface area contributed by atoms with Crippen molar-refractivity contribution >= 4 is 6.03 Å². The van der Waals surface area contributed by atoms with E-state index in [1.165, 1.54) is 25.7 Å². The van der Waals surface area contributed by atoms with Crippen LogP contribution in [-0.4, -0.2) is 12.1 Å². The standard InChI is InChI=1S/C10H19N3O/c1-6(12-10(14)13-11)9-5-7-2-3-8(9)4-7/h6-9H,2-5,11H2,1H3,(H2,12,13,14). The Morgan fingerprint density at radius 3 is 2.71 bits per heavy atom. The van der Waals surface area contributed by atoms with Gasteiger partial charge in [0, 0.05) is 6.04 Å². The van der Waals surface area contributed by atoms with E-state index in [1.807, 2.05) is 0 Å². The van der Waals surface area contributed by atoms with Crippen molar-refractivity contribution in [2.75, 3.05) is 0 Å². The number of carbonyl (C=O) groups excluding carboxylic acids is 1. The molecule has 2 fully saturated rings. The molecule has 2 rings (SSSR count). The normalized spacial score (nSPS) is 36.9. The maximum absolute atomic E-state index is 11.0. The van der Waals surface area contributed by atoms with Gasteiger partial charge in [-0.05, 0) is 43.9 Å². The van der Waals surface area contributed by atoms with Crippen molar-refractivity contribution in [1.82, 2.24) is 10.7 Å². The fraction of sp³-hybridized carbons (Fsp3) is 0.900. The first-order valence-electron chi connectivity index (χ1n) is 5.47. The van der Waals surface area contributed by atoms with Gasteiger partial charge in [-0.1, -0.05) is 6.42 Å². The number of fused-ring (bicyclic) bond motifs is 2. The van der Waals surface area contributed by atoms with Gasteiger partial charge in [0.15, 0.2) is 0 Å². The van der Waals surface area contributed by atoms with Crippen molar-refractivity contribution in [1.29, 1.82) is 0 Å². The predicted molar refractivity (Wildman–Crippen MR) is 54.3 cm³/mol. The third kappa shape index (κ3) is 1.71. The fourth-order valence-electron chi connectivity index (χ4n) is 3.26. The number of rotatable bonds is 2. The first-order chi connectivity index (χ1) is 6.70. The van der Waals surface area contributed by atoms with E-state index >= 15 is 0 Å². The number of amides is 2. The fourth-order valence-corrected chi connectivity index (χ4v) is 3.26. The van der Waals surface area contributed by atoms with Gasteiger partial charge in [0.05, 0.1) is 0 Å².